The second kappa shape index (κ2) is 5.68. The van der Waals surface area contributed by atoms with Gasteiger partial charge in [-0.2, -0.15) is 0 Å². The van der Waals surface area contributed by atoms with Gasteiger partial charge >= 0.3 is 0 Å². The van der Waals surface area contributed by atoms with Gasteiger partial charge < -0.3 is 14.8 Å². The molecule has 0 saturated carbocycles. The molecule has 0 amide bonds. The average molecular weight is 286 g/mol. The zero-order valence-electron chi connectivity index (χ0n) is 12.9. The number of rotatable bonds is 5. The second-order valence-corrected chi connectivity index (χ2v) is 5.84. The predicted octanol–water partition coefficient (Wildman–Crippen LogP) is -2.12. The first-order valence-corrected chi connectivity index (χ1v) is 6.92. The number of fused-ring (bicyclic) bond motifs is 1. The lowest BCUT2D eigenvalue weighted by Gasteiger charge is -2.51. The molecule has 3 nitrogen and oxygen atoms in total. The molecule has 1 N–H and O–H groups in total. The van der Waals surface area contributed by atoms with Crippen molar-refractivity contribution in [1.82, 2.24) is 5.32 Å². The Kier molecular flexibility index (Phi) is 4.60. The van der Waals surface area contributed by atoms with E-state index in [0.29, 0.717) is 11.3 Å². The molecule has 11 heteroatoms. The molecule has 1 atom stereocenters. The molecule has 0 saturated heterocycles. The van der Waals surface area contributed by atoms with Gasteiger partial charge in [-0.1, -0.05) is 29.0 Å². The third kappa shape index (κ3) is 3.70. The molecule has 1 heterocycles. The minimum atomic E-state index is -1.77. The van der Waals surface area contributed by atoms with Gasteiger partial charge in [0.1, 0.15) is 0 Å². The van der Waals surface area contributed by atoms with E-state index in [9.17, 15) is 0 Å². The summed E-state index contributed by atoms with van der Waals surface area (Å²) in [5.41, 5.74) is -2.75. The second-order valence-electron chi connectivity index (χ2n) is 5.84. The van der Waals surface area contributed by atoms with Crippen molar-refractivity contribution in [2.45, 2.75) is 34.8 Å². The Morgan fingerprint density at radius 1 is 1.00 bits per heavy atom. The molecule has 1 aromatic rings. The Hall–Kier alpha value is -0.701. The maximum absolute atomic E-state index is 6.27. The topological polar surface area (TPSA) is 30.5 Å². The number of hydrogen-bond donors (Lipinski definition) is 1. The maximum atomic E-state index is 6.27. The van der Waals surface area contributed by atoms with Crippen molar-refractivity contribution in [3.8, 4) is 11.5 Å². The molecule has 1 unspecified atom stereocenters. The third-order valence-corrected chi connectivity index (χ3v) is 3.70. The summed E-state index contributed by atoms with van der Waals surface area (Å²) in [6.45, 7) is 1.75. The van der Waals surface area contributed by atoms with E-state index in [1.54, 1.807) is 19.1 Å². The fraction of sp³-hybridized carbons (Fsp3) is 0.500. The highest BCUT2D eigenvalue weighted by atomic mass is 16.7. The molecule has 0 fully saturated rings. The summed E-state index contributed by atoms with van der Waals surface area (Å²) in [5, 5.41) is -0.724. The molecule has 0 bridgehead atoms. The van der Waals surface area contributed by atoms with Crippen LogP contribution in [0.1, 0.15) is 18.9 Å². The first-order valence-electron chi connectivity index (χ1n) is 6.92. The van der Waals surface area contributed by atoms with E-state index in [0.717, 1.165) is 0 Å². The van der Waals surface area contributed by atoms with Gasteiger partial charge in [0.15, 0.2) is 32.8 Å². The van der Waals surface area contributed by atoms with E-state index in [2.05, 4.69) is 5.32 Å². The van der Waals surface area contributed by atoms with Gasteiger partial charge in [-0.25, -0.2) is 0 Å². The summed E-state index contributed by atoms with van der Waals surface area (Å²) in [5.74, 6) is 0.637. The number of benzene rings is 1. The lowest BCUT2D eigenvalue weighted by Crippen LogP contribution is -2.69. The van der Waals surface area contributed by atoms with Crippen molar-refractivity contribution in [3.63, 3.8) is 0 Å². The molecule has 1 aliphatic heterocycles. The zero-order valence-corrected chi connectivity index (χ0v) is 12.9. The molecule has 16 radical (unpaired) electrons. The van der Waals surface area contributed by atoms with Crippen LogP contribution >= 0.6 is 0 Å². The van der Waals surface area contributed by atoms with E-state index in [1.165, 1.54) is 6.07 Å². The van der Waals surface area contributed by atoms with Gasteiger partial charge in [-0.05, 0) is 24.0 Å². The quantitative estimate of drug-likeness (QED) is 0.628. The lowest BCUT2D eigenvalue weighted by molar-refractivity contribution is 0.0833. The highest BCUT2D eigenvalue weighted by Gasteiger charge is 2.41. The minimum Gasteiger partial charge on any atom is -0.468 e. The monoisotopic (exact) mass is 287 g/mol. The smallest absolute Gasteiger partial charge is 0.175 e. The molecule has 2 rings (SSSR count). The summed E-state index contributed by atoms with van der Waals surface area (Å²) < 4.78 is 10.5. The van der Waals surface area contributed by atoms with Crippen LogP contribution in [0.5, 0.6) is 11.5 Å². The highest BCUT2D eigenvalue weighted by Crippen LogP contribution is 2.41. The zero-order chi connectivity index (χ0) is 17.7. The van der Waals surface area contributed by atoms with Crippen molar-refractivity contribution in [2.24, 2.45) is 0 Å². The van der Waals surface area contributed by atoms with Crippen LogP contribution in [0.25, 0.3) is 0 Å². The first kappa shape index (κ1) is 18.6. The van der Waals surface area contributed by atoms with Gasteiger partial charge in [0.25, 0.3) is 0 Å². The summed E-state index contributed by atoms with van der Waals surface area (Å²) in [6.07, 6.45) is 0.277. The largest absolute Gasteiger partial charge is 0.468 e. The van der Waals surface area contributed by atoms with Crippen molar-refractivity contribution in [1.29, 1.82) is 0 Å². The summed E-state index contributed by atoms with van der Waals surface area (Å²) in [6, 6.07) is 4.70. The fourth-order valence-corrected chi connectivity index (χ4v) is 2.42. The van der Waals surface area contributed by atoms with E-state index in [4.69, 9.17) is 72.2 Å². The maximum Gasteiger partial charge on any atom is 0.175 e. The van der Waals surface area contributed by atoms with Crippen LogP contribution in [-0.4, -0.2) is 79.0 Å². The Bertz CT molecular complexity index is 603. The predicted molar refractivity (Wildman–Crippen MR) is 97.0 cm³/mol. The Morgan fingerprint density at radius 2 is 1.57 bits per heavy atom. The van der Waals surface area contributed by atoms with Crippen LogP contribution in [0.3, 0.4) is 0 Å². The summed E-state index contributed by atoms with van der Waals surface area (Å²) in [7, 11) is 46.6. The Morgan fingerprint density at radius 3 is 2.09 bits per heavy atom. The van der Waals surface area contributed by atoms with Crippen LogP contribution < -0.4 is 14.8 Å². The summed E-state index contributed by atoms with van der Waals surface area (Å²) in [4.78, 5) is 0. The van der Waals surface area contributed by atoms with E-state index < -0.39 is 21.5 Å². The van der Waals surface area contributed by atoms with Gasteiger partial charge in [0.2, 0.25) is 0 Å². The van der Waals surface area contributed by atoms with Gasteiger partial charge in [0, 0.05) is 0 Å². The van der Waals surface area contributed by atoms with E-state index >= 15 is 0 Å². The van der Waals surface area contributed by atoms with Crippen molar-refractivity contribution in [3.05, 3.63) is 23.8 Å². The summed E-state index contributed by atoms with van der Waals surface area (Å²) >= 11 is 0. The molecule has 0 aliphatic carbocycles. The van der Waals surface area contributed by atoms with Crippen LogP contribution in [0.2, 0.25) is 0 Å². The molecule has 1 aromatic carbocycles. The van der Waals surface area contributed by atoms with Crippen molar-refractivity contribution in [2.75, 3.05) is 0 Å². The van der Waals surface area contributed by atoms with Crippen molar-refractivity contribution < 1.29 is 9.47 Å². The molecular weight excluding hydrogens is 277 g/mol. The van der Waals surface area contributed by atoms with Crippen LogP contribution in [0, 0.1) is 0 Å². The average Bonchev–Trinajstić information content (AvgIpc) is 2.68. The normalized spacial score (nSPS) is 19.2. The SMILES string of the molecule is [B]C([B])([B])NC([B])(CC)C([B])([B])c1ccc2c(c1)OC([B])([B])O2. The number of nitrogens with one attached hydrogen (secondary N) is 1. The lowest BCUT2D eigenvalue weighted by atomic mass is 9.35. The molecule has 0 aromatic heterocycles. The first-order chi connectivity index (χ1) is 10.3. The van der Waals surface area contributed by atoms with Gasteiger partial charge in [-0.15, -0.1) is 0 Å². The van der Waals surface area contributed by atoms with Gasteiger partial charge in [0.05, 0.1) is 47.1 Å². The minimum absolute atomic E-state index is 0.277. The number of ether oxygens (including phenoxy) is 2. The molecule has 23 heavy (non-hydrogen) atoms. The highest BCUT2D eigenvalue weighted by molar-refractivity contribution is 6.59. The van der Waals surface area contributed by atoms with Crippen molar-refractivity contribution >= 4 is 62.8 Å². The molecule has 98 valence electrons. The Labute approximate surface area is 148 Å². The fourth-order valence-electron chi connectivity index (χ4n) is 2.42. The van der Waals surface area contributed by atoms with E-state index in [1.807, 2.05) is 0 Å². The molecule has 1 aliphatic rings. The van der Waals surface area contributed by atoms with Gasteiger partial charge in [-0.3, -0.25) is 0 Å². The number of hydrogen-bond acceptors (Lipinski definition) is 3. The molecular formula is C12H9B8NO2. The van der Waals surface area contributed by atoms with Crippen LogP contribution in [-0.2, 0) is 5.21 Å². The third-order valence-electron chi connectivity index (χ3n) is 3.70. The van der Waals surface area contributed by atoms with E-state index in [-0.39, 0.29) is 12.2 Å². The van der Waals surface area contributed by atoms with Crippen LogP contribution in [0.15, 0.2) is 18.2 Å². The molecule has 0 spiro atoms. The van der Waals surface area contributed by atoms with Crippen LogP contribution in [0.4, 0.5) is 0 Å². The Balaban J connectivity index is 2.40. The standard InChI is InChI=1S/C12H9B8NO2/c1-2-9(13,21-11(16,17)18)10(14,15)6-3-4-7-8(5-6)23-12(19,20)22-7/h3-5,21H,2H2,1H3.